The van der Waals surface area contributed by atoms with Gasteiger partial charge in [0.1, 0.15) is 12.4 Å². The van der Waals surface area contributed by atoms with E-state index in [1.165, 1.54) is 12.1 Å². The summed E-state index contributed by atoms with van der Waals surface area (Å²) in [6, 6.07) is 3.30. The third kappa shape index (κ3) is 3.62. The molecule has 2 N–H and O–H groups in total. The van der Waals surface area contributed by atoms with Gasteiger partial charge in [-0.15, -0.1) is 0 Å². The summed E-state index contributed by atoms with van der Waals surface area (Å²) in [7, 11) is 0. The third-order valence-electron chi connectivity index (χ3n) is 4.38. The van der Waals surface area contributed by atoms with Crippen LogP contribution < -0.4 is 10.6 Å². The predicted octanol–water partition coefficient (Wildman–Crippen LogP) is 1.84. The van der Waals surface area contributed by atoms with Crippen molar-refractivity contribution in [3.8, 4) is 0 Å². The molecule has 24 heavy (non-hydrogen) atoms. The minimum absolute atomic E-state index is 0.0456. The maximum Gasteiger partial charge on any atom is 0.317 e. The number of urea groups is 1. The lowest BCUT2D eigenvalue weighted by Gasteiger charge is -2.41. The van der Waals surface area contributed by atoms with Gasteiger partial charge in [-0.2, -0.15) is 0 Å². The van der Waals surface area contributed by atoms with Crippen LogP contribution in [0.25, 0.3) is 0 Å². The number of benzene rings is 1. The molecule has 1 aromatic rings. The van der Waals surface area contributed by atoms with Crippen molar-refractivity contribution in [1.82, 2.24) is 15.5 Å². The van der Waals surface area contributed by atoms with Gasteiger partial charge in [0.25, 0.3) is 0 Å². The highest BCUT2D eigenvalue weighted by molar-refractivity contribution is 6.31. The summed E-state index contributed by atoms with van der Waals surface area (Å²) in [5, 5.41) is 5.99. The number of hydrogen-bond acceptors (Lipinski definition) is 3. The Morgan fingerprint density at radius 2 is 2.33 bits per heavy atom. The average molecular weight is 356 g/mol. The van der Waals surface area contributed by atoms with E-state index in [0.717, 1.165) is 0 Å². The fourth-order valence-corrected chi connectivity index (χ4v) is 3.42. The molecule has 2 fully saturated rings. The number of nitrogens with one attached hydrogen (secondary N) is 2. The first-order valence-electron chi connectivity index (χ1n) is 7.85. The number of halogens is 2. The van der Waals surface area contributed by atoms with Gasteiger partial charge >= 0.3 is 6.03 Å². The molecule has 0 radical (unpaired) electrons. The van der Waals surface area contributed by atoms with Crippen LogP contribution in [0.2, 0.25) is 5.02 Å². The molecule has 0 bridgehead atoms. The average Bonchev–Trinajstić information content (AvgIpc) is 2.53. The molecule has 6 nitrogen and oxygen atoms in total. The van der Waals surface area contributed by atoms with Gasteiger partial charge < -0.3 is 20.3 Å². The molecule has 8 heteroatoms. The van der Waals surface area contributed by atoms with E-state index >= 15 is 0 Å². The second kappa shape index (κ2) is 6.94. The zero-order valence-electron chi connectivity index (χ0n) is 13.2. The van der Waals surface area contributed by atoms with E-state index < -0.39 is 5.82 Å². The summed E-state index contributed by atoms with van der Waals surface area (Å²) in [6.07, 6.45) is 0.625. The Labute approximate surface area is 144 Å². The molecule has 2 heterocycles. The van der Waals surface area contributed by atoms with Crippen LogP contribution in [0.3, 0.4) is 0 Å². The van der Waals surface area contributed by atoms with Gasteiger partial charge in [-0.25, -0.2) is 9.18 Å². The van der Waals surface area contributed by atoms with Gasteiger partial charge in [0.05, 0.1) is 18.2 Å². The van der Waals surface area contributed by atoms with Crippen LogP contribution >= 0.6 is 11.6 Å². The van der Waals surface area contributed by atoms with Crippen molar-refractivity contribution in [2.24, 2.45) is 0 Å². The molecule has 2 aliphatic heterocycles. The van der Waals surface area contributed by atoms with Crippen LogP contribution in [0.4, 0.5) is 9.18 Å². The topological polar surface area (TPSA) is 70.7 Å². The molecule has 0 unspecified atom stereocenters. The molecule has 3 rings (SSSR count). The Morgan fingerprint density at radius 3 is 3.08 bits per heavy atom. The molecule has 2 saturated heterocycles. The minimum Gasteiger partial charge on any atom is -0.366 e. The Morgan fingerprint density at radius 1 is 1.54 bits per heavy atom. The Balaban J connectivity index is 1.61. The molecular weight excluding hydrogens is 337 g/mol. The van der Waals surface area contributed by atoms with Crippen molar-refractivity contribution in [1.29, 1.82) is 0 Å². The van der Waals surface area contributed by atoms with E-state index in [0.29, 0.717) is 25.1 Å². The van der Waals surface area contributed by atoms with E-state index in [4.69, 9.17) is 16.3 Å². The number of nitrogens with zero attached hydrogens (tertiary/aromatic N) is 1. The zero-order valence-corrected chi connectivity index (χ0v) is 14.0. The SMILES string of the molecule is C[C@H](NC(=O)N1CC[C@@H]2OCC(=O)N[C@H]2C1)c1ccc(F)cc1Cl. The highest BCUT2D eigenvalue weighted by Gasteiger charge is 2.36. The van der Waals surface area contributed by atoms with E-state index in [1.54, 1.807) is 17.9 Å². The highest BCUT2D eigenvalue weighted by atomic mass is 35.5. The first-order chi connectivity index (χ1) is 11.4. The molecule has 2 aliphatic rings. The number of morpholine rings is 1. The van der Waals surface area contributed by atoms with Crippen molar-refractivity contribution in [3.63, 3.8) is 0 Å². The molecule has 0 aliphatic carbocycles. The standard InChI is InChI=1S/C16H19ClFN3O3/c1-9(11-3-2-10(18)6-12(11)17)19-16(23)21-5-4-14-13(7-21)20-15(22)8-24-14/h2-3,6,9,13-14H,4-5,7-8H2,1H3,(H,19,23)(H,20,22)/t9-,13-,14-/m0/s1. The lowest BCUT2D eigenvalue weighted by atomic mass is 10.0. The van der Waals surface area contributed by atoms with Crippen molar-refractivity contribution >= 4 is 23.5 Å². The van der Waals surface area contributed by atoms with E-state index in [-0.39, 0.29) is 41.8 Å². The second-order valence-corrected chi connectivity index (χ2v) is 6.50. The normalized spacial score (nSPS) is 24.8. The number of piperidine rings is 1. The molecule has 0 spiro atoms. The number of likely N-dealkylation sites (tertiary alicyclic amines) is 1. The molecule has 3 atom stereocenters. The number of carbonyl (C=O) groups is 2. The lowest BCUT2D eigenvalue weighted by Crippen LogP contribution is -2.62. The second-order valence-electron chi connectivity index (χ2n) is 6.10. The Kier molecular flexibility index (Phi) is 4.91. The van der Waals surface area contributed by atoms with E-state index in [1.807, 2.05) is 0 Å². The van der Waals surface area contributed by atoms with Gasteiger partial charge in [0, 0.05) is 18.1 Å². The summed E-state index contributed by atoms with van der Waals surface area (Å²) < 4.78 is 18.6. The van der Waals surface area contributed by atoms with Crippen LogP contribution in [-0.4, -0.2) is 48.7 Å². The first-order valence-corrected chi connectivity index (χ1v) is 8.23. The monoisotopic (exact) mass is 355 g/mol. The fraction of sp³-hybridized carbons (Fsp3) is 0.500. The van der Waals surface area contributed by atoms with Gasteiger partial charge in [0.15, 0.2) is 0 Å². The number of hydrogen-bond donors (Lipinski definition) is 2. The van der Waals surface area contributed by atoms with Gasteiger partial charge in [-0.3, -0.25) is 4.79 Å². The molecular formula is C16H19ClFN3O3. The first kappa shape index (κ1) is 17.0. The van der Waals surface area contributed by atoms with Crippen molar-refractivity contribution in [2.45, 2.75) is 31.5 Å². The molecule has 130 valence electrons. The maximum atomic E-state index is 13.1. The summed E-state index contributed by atoms with van der Waals surface area (Å²) in [5.41, 5.74) is 0.649. The summed E-state index contributed by atoms with van der Waals surface area (Å²) in [4.78, 5) is 25.5. The van der Waals surface area contributed by atoms with Crippen LogP contribution in [0.5, 0.6) is 0 Å². The van der Waals surface area contributed by atoms with Crippen LogP contribution in [0.15, 0.2) is 18.2 Å². The van der Waals surface area contributed by atoms with E-state index in [2.05, 4.69) is 10.6 Å². The van der Waals surface area contributed by atoms with E-state index in [9.17, 15) is 14.0 Å². The summed E-state index contributed by atoms with van der Waals surface area (Å²) in [5.74, 6) is -0.581. The minimum atomic E-state index is -0.419. The number of ether oxygens (including phenoxy) is 1. The zero-order chi connectivity index (χ0) is 17.3. The maximum absolute atomic E-state index is 13.1. The van der Waals surface area contributed by atoms with Crippen molar-refractivity contribution < 1.29 is 18.7 Å². The number of fused-ring (bicyclic) bond motifs is 1. The van der Waals surface area contributed by atoms with Crippen LogP contribution in [-0.2, 0) is 9.53 Å². The number of carbonyl (C=O) groups excluding carboxylic acids is 2. The molecule has 0 saturated carbocycles. The number of rotatable bonds is 2. The fourth-order valence-electron chi connectivity index (χ4n) is 3.09. The highest BCUT2D eigenvalue weighted by Crippen LogP contribution is 2.24. The lowest BCUT2D eigenvalue weighted by molar-refractivity contribution is -0.139. The number of amides is 3. The smallest absolute Gasteiger partial charge is 0.317 e. The summed E-state index contributed by atoms with van der Waals surface area (Å²) >= 11 is 6.03. The largest absolute Gasteiger partial charge is 0.366 e. The Hall–Kier alpha value is -1.86. The molecule has 1 aromatic carbocycles. The van der Waals surface area contributed by atoms with Crippen molar-refractivity contribution in [3.05, 3.63) is 34.6 Å². The molecule has 0 aromatic heterocycles. The van der Waals surface area contributed by atoms with Gasteiger partial charge in [-0.05, 0) is 31.0 Å². The predicted molar refractivity (Wildman–Crippen MR) is 86.2 cm³/mol. The Bertz CT molecular complexity index is 657. The molecule has 3 amide bonds. The quantitative estimate of drug-likeness (QED) is 0.850. The van der Waals surface area contributed by atoms with Gasteiger partial charge in [0.2, 0.25) is 5.91 Å². The van der Waals surface area contributed by atoms with Gasteiger partial charge in [-0.1, -0.05) is 17.7 Å². The summed E-state index contributed by atoms with van der Waals surface area (Å²) in [6.45, 7) is 2.81. The van der Waals surface area contributed by atoms with Crippen molar-refractivity contribution in [2.75, 3.05) is 19.7 Å². The van der Waals surface area contributed by atoms with Crippen LogP contribution in [0.1, 0.15) is 24.9 Å². The third-order valence-corrected chi connectivity index (χ3v) is 4.71. The van der Waals surface area contributed by atoms with Crippen LogP contribution in [0, 0.1) is 5.82 Å².